The van der Waals surface area contributed by atoms with Crippen LogP contribution in [-0.4, -0.2) is 38.5 Å². The molecular weight excluding hydrogens is 437 g/mol. The summed E-state index contributed by atoms with van der Waals surface area (Å²) in [5.74, 6) is -1.04. The molecule has 2 aromatic heterocycles. The molecule has 1 fully saturated rings. The number of nitrogens with two attached hydrogens (primary N) is 2. The lowest BCUT2D eigenvalue weighted by molar-refractivity contribution is -0.0535. The lowest BCUT2D eigenvalue weighted by Gasteiger charge is -2.41. The molecule has 1 saturated carbocycles. The number of halogens is 1. The number of anilines is 1. The number of pyridine rings is 1. The fourth-order valence-corrected chi connectivity index (χ4v) is 4.64. The Morgan fingerprint density at radius 2 is 1.88 bits per heavy atom. The average Bonchev–Trinajstić information content (AvgIpc) is 3.14. The maximum Gasteiger partial charge on any atom is 0.254 e. The number of nitrogens with zero attached hydrogens (tertiary/aromatic N) is 3. The number of benzene rings is 2. The second-order valence-electron chi connectivity index (χ2n) is 8.88. The zero-order valence-corrected chi connectivity index (χ0v) is 18.7. The lowest BCUT2D eigenvalue weighted by Crippen LogP contribution is -2.42. The van der Waals surface area contributed by atoms with Crippen molar-refractivity contribution in [3.8, 4) is 28.3 Å². The van der Waals surface area contributed by atoms with Crippen LogP contribution in [-0.2, 0) is 0 Å². The Balaban J connectivity index is 1.68. The number of aromatic nitrogens is 3. The van der Waals surface area contributed by atoms with Gasteiger partial charge < -0.3 is 21.3 Å². The third-order valence-electron chi connectivity index (χ3n) is 6.30. The van der Waals surface area contributed by atoms with Gasteiger partial charge in [0.2, 0.25) is 0 Å². The molecule has 0 spiro atoms. The van der Waals surface area contributed by atoms with E-state index >= 15 is 4.39 Å². The largest absolute Gasteiger partial charge is 0.493 e. The number of hydrogen-bond donors (Lipinski definition) is 3. The van der Waals surface area contributed by atoms with Gasteiger partial charge in [-0.1, -0.05) is 36.4 Å². The number of nitrogen functional groups attached to an aromatic ring is 1. The summed E-state index contributed by atoms with van der Waals surface area (Å²) in [4.78, 5) is 16.8. The molecule has 4 aromatic rings. The number of rotatable bonds is 5. The molecule has 8 nitrogen and oxygen atoms in total. The van der Waals surface area contributed by atoms with E-state index in [1.165, 1.54) is 7.11 Å². The molecule has 2 heterocycles. The predicted octanol–water partition coefficient (Wildman–Crippen LogP) is 3.68. The maximum atomic E-state index is 15.2. The van der Waals surface area contributed by atoms with Gasteiger partial charge in [-0.05, 0) is 31.9 Å². The fraction of sp³-hybridized carbons (Fsp3) is 0.240. The predicted molar refractivity (Wildman–Crippen MR) is 127 cm³/mol. The van der Waals surface area contributed by atoms with E-state index in [0.717, 1.165) is 0 Å². The van der Waals surface area contributed by atoms with Crippen LogP contribution in [0.4, 0.5) is 10.2 Å². The normalized spacial score (nSPS) is 19.7. The van der Waals surface area contributed by atoms with Crippen molar-refractivity contribution in [1.82, 2.24) is 14.8 Å². The van der Waals surface area contributed by atoms with Crippen molar-refractivity contribution in [1.29, 1.82) is 0 Å². The first-order chi connectivity index (χ1) is 16.2. The average molecular weight is 461 g/mol. The SMILES string of the molecule is COc1c(F)c(-c2ccccc2)nc2cc(-c3nn([C@H]4C[C@@](C)(O)C4)c(N)c3C(N)=O)ccc12. The number of carbonyl (C=O) groups is 1. The Labute approximate surface area is 195 Å². The van der Waals surface area contributed by atoms with Gasteiger partial charge in [0.05, 0.1) is 24.3 Å². The van der Waals surface area contributed by atoms with Crippen molar-refractivity contribution in [2.75, 3.05) is 12.8 Å². The monoisotopic (exact) mass is 461 g/mol. The third-order valence-corrected chi connectivity index (χ3v) is 6.30. The quantitative estimate of drug-likeness (QED) is 0.416. The van der Waals surface area contributed by atoms with E-state index in [9.17, 15) is 9.90 Å². The zero-order chi connectivity index (χ0) is 24.2. The first-order valence-corrected chi connectivity index (χ1v) is 10.8. The van der Waals surface area contributed by atoms with Crippen LogP contribution in [0.3, 0.4) is 0 Å². The molecule has 1 amide bonds. The van der Waals surface area contributed by atoms with Gasteiger partial charge in [-0.2, -0.15) is 5.10 Å². The summed E-state index contributed by atoms with van der Waals surface area (Å²) in [6.07, 6.45) is 0.930. The third kappa shape index (κ3) is 3.45. The molecular formula is C25H24FN5O3. The summed E-state index contributed by atoms with van der Waals surface area (Å²) in [6.45, 7) is 1.74. The Morgan fingerprint density at radius 1 is 1.18 bits per heavy atom. The highest BCUT2D eigenvalue weighted by atomic mass is 19.1. The van der Waals surface area contributed by atoms with Gasteiger partial charge in [0.1, 0.15) is 22.8 Å². The number of methoxy groups -OCH3 is 1. The van der Waals surface area contributed by atoms with Crippen LogP contribution >= 0.6 is 0 Å². The Kier molecular flexibility index (Phi) is 5.02. The van der Waals surface area contributed by atoms with Gasteiger partial charge in [0.25, 0.3) is 5.91 Å². The van der Waals surface area contributed by atoms with Crippen LogP contribution in [0.1, 0.15) is 36.2 Å². The van der Waals surface area contributed by atoms with Gasteiger partial charge in [0.15, 0.2) is 11.6 Å². The molecule has 0 radical (unpaired) electrons. The molecule has 1 aliphatic rings. The van der Waals surface area contributed by atoms with Crippen LogP contribution in [0.25, 0.3) is 33.4 Å². The Bertz CT molecular complexity index is 1420. The number of fused-ring (bicyclic) bond motifs is 1. The molecule has 0 atom stereocenters. The van der Waals surface area contributed by atoms with E-state index in [2.05, 4.69) is 10.1 Å². The molecule has 2 aromatic carbocycles. The van der Waals surface area contributed by atoms with Crippen molar-refractivity contribution in [2.24, 2.45) is 5.73 Å². The number of primary amides is 1. The van der Waals surface area contributed by atoms with E-state index in [-0.39, 0.29) is 28.9 Å². The summed E-state index contributed by atoms with van der Waals surface area (Å²) in [5.41, 5.74) is 13.3. The van der Waals surface area contributed by atoms with Gasteiger partial charge in [0, 0.05) is 16.5 Å². The smallest absolute Gasteiger partial charge is 0.254 e. The van der Waals surface area contributed by atoms with Crippen molar-refractivity contribution in [3.63, 3.8) is 0 Å². The van der Waals surface area contributed by atoms with Gasteiger partial charge >= 0.3 is 0 Å². The number of hydrogen-bond acceptors (Lipinski definition) is 6. The first kappa shape index (κ1) is 21.8. The van der Waals surface area contributed by atoms with Crippen LogP contribution in [0.2, 0.25) is 0 Å². The van der Waals surface area contributed by atoms with Gasteiger partial charge in [-0.15, -0.1) is 0 Å². The summed E-state index contributed by atoms with van der Waals surface area (Å²) in [5, 5.41) is 15.2. The van der Waals surface area contributed by atoms with E-state index in [1.807, 2.05) is 6.07 Å². The fourth-order valence-electron chi connectivity index (χ4n) is 4.64. The highest BCUT2D eigenvalue weighted by Gasteiger charge is 2.41. The number of aliphatic hydroxyl groups is 1. The second kappa shape index (κ2) is 7.81. The van der Waals surface area contributed by atoms with E-state index in [0.29, 0.717) is 40.6 Å². The topological polar surface area (TPSA) is 129 Å². The van der Waals surface area contributed by atoms with Crippen LogP contribution in [0.15, 0.2) is 48.5 Å². The molecule has 5 N–H and O–H groups in total. The molecule has 0 saturated heterocycles. The summed E-state index contributed by atoms with van der Waals surface area (Å²) in [6, 6.07) is 13.9. The maximum absolute atomic E-state index is 15.2. The van der Waals surface area contributed by atoms with Gasteiger partial charge in [-0.25, -0.2) is 14.1 Å². The Hall–Kier alpha value is -3.98. The zero-order valence-electron chi connectivity index (χ0n) is 18.7. The summed E-state index contributed by atoms with van der Waals surface area (Å²) >= 11 is 0. The lowest BCUT2D eigenvalue weighted by atomic mass is 9.77. The molecule has 9 heteroatoms. The number of carbonyl (C=O) groups excluding carboxylic acids is 1. The number of amides is 1. The Morgan fingerprint density at radius 3 is 2.50 bits per heavy atom. The highest BCUT2D eigenvalue weighted by molar-refractivity contribution is 6.04. The molecule has 1 aliphatic carbocycles. The highest BCUT2D eigenvalue weighted by Crippen LogP contribution is 2.44. The second-order valence-corrected chi connectivity index (χ2v) is 8.88. The summed E-state index contributed by atoms with van der Waals surface area (Å²) in [7, 11) is 1.40. The minimum Gasteiger partial charge on any atom is -0.493 e. The summed E-state index contributed by atoms with van der Waals surface area (Å²) < 4.78 is 22.2. The minimum absolute atomic E-state index is 0.0762. The van der Waals surface area contributed by atoms with Crippen molar-refractivity contribution in [3.05, 3.63) is 59.9 Å². The van der Waals surface area contributed by atoms with Crippen LogP contribution < -0.4 is 16.2 Å². The molecule has 0 aliphatic heterocycles. The van der Waals surface area contributed by atoms with E-state index in [4.69, 9.17) is 16.2 Å². The minimum atomic E-state index is -0.794. The van der Waals surface area contributed by atoms with Crippen molar-refractivity contribution < 1.29 is 19.0 Å². The first-order valence-electron chi connectivity index (χ1n) is 10.8. The van der Waals surface area contributed by atoms with Crippen molar-refractivity contribution in [2.45, 2.75) is 31.4 Å². The standard InChI is InChI=1S/C25H24FN5O3/c1-25(33)11-15(12-25)31-23(27)18(24(28)32)20(30-31)14-8-9-16-17(10-14)29-21(19(26)22(16)34-2)13-6-4-3-5-7-13/h3-10,15,33H,11-12,27H2,1-2H3,(H2,28,32)/t15-,25+. The van der Waals surface area contributed by atoms with E-state index in [1.54, 1.807) is 54.1 Å². The van der Waals surface area contributed by atoms with E-state index < -0.39 is 17.3 Å². The molecule has 5 rings (SSSR count). The molecule has 174 valence electrons. The molecule has 0 bridgehead atoms. The van der Waals surface area contributed by atoms with Gasteiger partial charge in [-0.3, -0.25) is 4.79 Å². The van der Waals surface area contributed by atoms with Crippen molar-refractivity contribution >= 4 is 22.6 Å². The molecule has 0 unspecified atom stereocenters. The number of ether oxygens (including phenoxy) is 1. The van der Waals surface area contributed by atoms with Crippen LogP contribution in [0, 0.1) is 5.82 Å². The molecule has 34 heavy (non-hydrogen) atoms. The van der Waals surface area contributed by atoms with Crippen LogP contribution in [0.5, 0.6) is 5.75 Å².